The Balaban J connectivity index is 1.69. The van der Waals surface area contributed by atoms with Gasteiger partial charge in [-0.05, 0) is 51.2 Å². The number of anilines is 2. The number of aromatic nitrogens is 2. The minimum atomic E-state index is -0.560. The van der Waals surface area contributed by atoms with Crippen LogP contribution < -0.4 is 15.8 Å². The van der Waals surface area contributed by atoms with E-state index < -0.39 is 11.9 Å². The van der Waals surface area contributed by atoms with Gasteiger partial charge < -0.3 is 20.7 Å². The molecule has 3 aromatic rings. The summed E-state index contributed by atoms with van der Waals surface area (Å²) in [5.41, 5.74) is 7.48. The number of nitrogens with one attached hydrogen (secondary N) is 1. The van der Waals surface area contributed by atoms with Gasteiger partial charge in [0, 0.05) is 30.1 Å². The van der Waals surface area contributed by atoms with Crippen molar-refractivity contribution in [1.29, 1.82) is 0 Å². The van der Waals surface area contributed by atoms with Crippen molar-refractivity contribution in [2.75, 3.05) is 39.6 Å². The molecule has 0 radical (unpaired) electrons. The molecule has 1 saturated heterocycles. The Labute approximate surface area is 202 Å². The summed E-state index contributed by atoms with van der Waals surface area (Å²) in [4.78, 5) is 25.2. The third kappa shape index (κ3) is 4.91. The lowest BCUT2D eigenvalue weighted by Gasteiger charge is -2.30. The molecule has 2 atom stereocenters. The topological polar surface area (TPSA) is 96.6 Å². The number of methoxy groups -OCH3 is 1. The van der Waals surface area contributed by atoms with Gasteiger partial charge in [0.2, 0.25) is 5.91 Å². The molecule has 8 nitrogen and oxygen atoms in total. The number of halogens is 2. The molecule has 0 bridgehead atoms. The molecule has 3 N–H and O–H groups in total. The lowest BCUT2D eigenvalue weighted by molar-refractivity contribution is -0.124. The number of primary amides is 1. The Morgan fingerprint density at radius 3 is 2.88 bits per heavy atom. The third-order valence-corrected chi connectivity index (χ3v) is 6.59. The van der Waals surface area contributed by atoms with E-state index in [1.807, 2.05) is 31.1 Å². The fourth-order valence-electron chi connectivity index (χ4n) is 4.67. The Kier molecular flexibility index (Phi) is 7.16. The van der Waals surface area contributed by atoms with E-state index in [4.69, 9.17) is 22.1 Å². The number of carbonyl (C=O) groups is 1. The molecule has 2 aromatic carbocycles. The standard InChI is InChI=1S/C24H28ClFN6O2/c1-31-8-7-14(11-31)22(23(27)33)32(2)12-15-9-16-19(10-20(15)34-3)28-13-29-24(16)30-18-6-4-5-17(25)21(18)26/h4-6,9-10,13-14,22H,7-8,11-12H2,1-3H3,(H2,27,33)(H,28,29,30). The molecule has 0 saturated carbocycles. The predicted molar refractivity (Wildman–Crippen MR) is 131 cm³/mol. The van der Waals surface area contributed by atoms with Gasteiger partial charge in [0.1, 0.15) is 17.9 Å². The number of hydrogen-bond donors (Lipinski definition) is 2. The highest BCUT2D eigenvalue weighted by Gasteiger charge is 2.34. The number of amides is 1. The lowest BCUT2D eigenvalue weighted by atomic mass is 9.96. The summed E-state index contributed by atoms with van der Waals surface area (Å²) in [6.07, 6.45) is 2.31. The number of likely N-dealkylation sites (tertiary alicyclic amines) is 1. The number of nitrogens with zero attached hydrogens (tertiary/aromatic N) is 4. The lowest BCUT2D eigenvalue weighted by Crippen LogP contribution is -2.48. The van der Waals surface area contributed by atoms with Crippen LogP contribution in [0.25, 0.3) is 10.9 Å². The van der Waals surface area contributed by atoms with Gasteiger partial charge in [-0.2, -0.15) is 0 Å². The highest BCUT2D eigenvalue weighted by Crippen LogP contribution is 2.33. The molecule has 2 unspecified atom stereocenters. The Hall–Kier alpha value is -3.01. The molecule has 0 spiro atoms. The van der Waals surface area contributed by atoms with Crippen LogP contribution in [0.2, 0.25) is 5.02 Å². The first-order chi connectivity index (χ1) is 16.3. The summed E-state index contributed by atoms with van der Waals surface area (Å²) in [6.45, 7) is 2.18. The van der Waals surface area contributed by atoms with Crippen molar-refractivity contribution in [3.8, 4) is 5.75 Å². The van der Waals surface area contributed by atoms with E-state index >= 15 is 0 Å². The van der Waals surface area contributed by atoms with Crippen LogP contribution in [-0.2, 0) is 11.3 Å². The molecule has 4 rings (SSSR count). The van der Waals surface area contributed by atoms with Gasteiger partial charge in [0.25, 0.3) is 0 Å². The maximum Gasteiger partial charge on any atom is 0.235 e. The second-order valence-corrected chi connectivity index (χ2v) is 9.11. The SMILES string of the molecule is COc1cc2ncnc(Nc3cccc(Cl)c3F)c2cc1CN(C)C(C(N)=O)C1CCN(C)C1. The molecule has 180 valence electrons. The van der Waals surface area contributed by atoms with E-state index in [-0.39, 0.29) is 22.5 Å². The third-order valence-electron chi connectivity index (χ3n) is 6.30. The van der Waals surface area contributed by atoms with Crippen LogP contribution in [0.15, 0.2) is 36.7 Å². The maximum atomic E-state index is 14.5. The van der Waals surface area contributed by atoms with E-state index in [0.29, 0.717) is 29.0 Å². The second-order valence-electron chi connectivity index (χ2n) is 8.70. The second kappa shape index (κ2) is 10.1. The highest BCUT2D eigenvalue weighted by atomic mass is 35.5. The normalized spacial score (nSPS) is 17.3. The first-order valence-electron chi connectivity index (χ1n) is 11.0. The largest absolute Gasteiger partial charge is 0.496 e. The van der Waals surface area contributed by atoms with Crippen molar-refractivity contribution in [2.45, 2.75) is 19.0 Å². The molecule has 34 heavy (non-hydrogen) atoms. The summed E-state index contributed by atoms with van der Waals surface area (Å²) < 4.78 is 20.1. The molecule has 1 fully saturated rings. The van der Waals surface area contributed by atoms with Crippen molar-refractivity contribution in [3.05, 3.63) is 53.1 Å². The van der Waals surface area contributed by atoms with Crippen molar-refractivity contribution in [2.24, 2.45) is 11.7 Å². The molecule has 1 aliphatic heterocycles. The number of nitrogens with two attached hydrogens (primary N) is 1. The van der Waals surface area contributed by atoms with Gasteiger partial charge in [-0.3, -0.25) is 9.69 Å². The first-order valence-corrected chi connectivity index (χ1v) is 11.4. The zero-order chi connectivity index (χ0) is 24.4. The zero-order valence-corrected chi connectivity index (χ0v) is 20.1. The smallest absolute Gasteiger partial charge is 0.235 e. The van der Waals surface area contributed by atoms with E-state index in [2.05, 4.69) is 20.2 Å². The van der Waals surface area contributed by atoms with Gasteiger partial charge >= 0.3 is 0 Å². The monoisotopic (exact) mass is 486 g/mol. The Morgan fingerprint density at radius 1 is 1.41 bits per heavy atom. The van der Waals surface area contributed by atoms with Gasteiger partial charge in [0.15, 0.2) is 5.82 Å². The average molecular weight is 487 g/mol. The van der Waals surface area contributed by atoms with Crippen molar-refractivity contribution in [1.82, 2.24) is 19.8 Å². The minimum Gasteiger partial charge on any atom is -0.496 e. The van der Waals surface area contributed by atoms with Crippen LogP contribution in [-0.4, -0.2) is 66.0 Å². The number of ether oxygens (including phenoxy) is 1. The zero-order valence-electron chi connectivity index (χ0n) is 19.4. The average Bonchev–Trinajstić information content (AvgIpc) is 3.22. The number of fused-ring (bicyclic) bond motifs is 1. The molecule has 1 aromatic heterocycles. The van der Waals surface area contributed by atoms with E-state index in [1.54, 1.807) is 19.2 Å². The van der Waals surface area contributed by atoms with E-state index in [1.165, 1.54) is 12.4 Å². The van der Waals surface area contributed by atoms with Crippen LogP contribution in [0, 0.1) is 11.7 Å². The summed E-state index contributed by atoms with van der Waals surface area (Å²) in [5.74, 6) is 0.316. The first kappa shape index (κ1) is 24.1. The van der Waals surface area contributed by atoms with Crippen molar-refractivity contribution in [3.63, 3.8) is 0 Å². The van der Waals surface area contributed by atoms with Crippen LogP contribution in [0.3, 0.4) is 0 Å². The summed E-state index contributed by atoms with van der Waals surface area (Å²) >= 11 is 5.93. The molecule has 1 amide bonds. The molecule has 0 aliphatic carbocycles. The van der Waals surface area contributed by atoms with Crippen molar-refractivity contribution >= 4 is 39.9 Å². The van der Waals surface area contributed by atoms with Gasteiger partial charge in [-0.1, -0.05) is 17.7 Å². The van der Waals surface area contributed by atoms with Gasteiger partial charge in [-0.15, -0.1) is 0 Å². The fraction of sp³-hybridized carbons (Fsp3) is 0.375. The molecule has 2 heterocycles. The van der Waals surface area contributed by atoms with Gasteiger partial charge in [0.05, 0.1) is 29.4 Å². The summed E-state index contributed by atoms with van der Waals surface area (Å²) in [5, 5.41) is 3.72. The fourth-order valence-corrected chi connectivity index (χ4v) is 4.85. The van der Waals surface area contributed by atoms with Crippen LogP contribution in [0.5, 0.6) is 5.75 Å². The quantitative estimate of drug-likeness (QED) is 0.503. The number of carbonyl (C=O) groups excluding carboxylic acids is 1. The number of rotatable bonds is 8. The minimum absolute atomic E-state index is 0.0161. The highest BCUT2D eigenvalue weighted by molar-refractivity contribution is 6.31. The number of likely N-dealkylation sites (N-methyl/N-ethyl adjacent to an activating group) is 1. The Morgan fingerprint density at radius 2 is 2.21 bits per heavy atom. The summed E-state index contributed by atoms with van der Waals surface area (Å²) in [7, 11) is 5.52. The van der Waals surface area contributed by atoms with Crippen LogP contribution in [0.1, 0.15) is 12.0 Å². The predicted octanol–water partition coefficient (Wildman–Crippen LogP) is 3.41. The summed E-state index contributed by atoms with van der Waals surface area (Å²) in [6, 6.07) is 8.02. The van der Waals surface area contributed by atoms with E-state index in [0.717, 1.165) is 25.1 Å². The Bertz CT molecular complexity index is 1210. The molecule has 1 aliphatic rings. The molecular formula is C24H28ClFN6O2. The van der Waals surface area contributed by atoms with Crippen LogP contribution >= 0.6 is 11.6 Å². The molecular weight excluding hydrogens is 459 g/mol. The van der Waals surface area contributed by atoms with Crippen LogP contribution in [0.4, 0.5) is 15.9 Å². The maximum absolute atomic E-state index is 14.5. The van der Waals surface area contributed by atoms with Crippen molar-refractivity contribution < 1.29 is 13.9 Å². The van der Waals surface area contributed by atoms with Gasteiger partial charge in [-0.25, -0.2) is 14.4 Å². The molecule has 10 heteroatoms. The number of benzene rings is 2. The number of hydrogen-bond acceptors (Lipinski definition) is 7. The van der Waals surface area contributed by atoms with E-state index in [9.17, 15) is 9.18 Å².